The second kappa shape index (κ2) is 8.33. The van der Waals surface area contributed by atoms with Crippen molar-refractivity contribution in [3.63, 3.8) is 0 Å². The van der Waals surface area contributed by atoms with Crippen molar-refractivity contribution < 1.29 is 0 Å². The summed E-state index contributed by atoms with van der Waals surface area (Å²) in [5.41, 5.74) is 5.75. The fourth-order valence-corrected chi connectivity index (χ4v) is 3.53. The highest BCUT2D eigenvalue weighted by atomic mass is 32.1. The Bertz CT molecular complexity index is 821. The minimum Gasteiger partial charge on any atom is -0.384 e. The Hall–Kier alpha value is -2.09. The predicted octanol–water partition coefficient (Wildman–Crippen LogP) is 2.89. The minimum absolute atomic E-state index is 0.151. The largest absolute Gasteiger partial charge is 0.384 e. The average molecular weight is 366 g/mol. The summed E-state index contributed by atoms with van der Waals surface area (Å²) in [7, 11) is 0. The molecule has 7 nitrogen and oxygen atoms in total. The Morgan fingerprint density at radius 3 is 2.68 bits per heavy atom. The van der Waals surface area contributed by atoms with Crippen molar-refractivity contribution in [1.82, 2.24) is 14.5 Å². The van der Waals surface area contributed by atoms with Gasteiger partial charge >= 0.3 is 5.69 Å². The van der Waals surface area contributed by atoms with Crippen molar-refractivity contribution in [2.45, 2.75) is 59.5 Å². The van der Waals surface area contributed by atoms with Gasteiger partial charge in [0.2, 0.25) is 0 Å². The SMILES string of the molecule is CCn1c(N)c(-c2csc(N[C@@H](C)CCCC(C)C)n2)c(=O)[nH]c1=O. The van der Waals surface area contributed by atoms with Crippen LogP contribution in [0.5, 0.6) is 0 Å². The van der Waals surface area contributed by atoms with Crippen LogP contribution in [0.2, 0.25) is 0 Å². The van der Waals surface area contributed by atoms with E-state index in [0.29, 0.717) is 24.2 Å². The zero-order valence-corrected chi connectivity index (χ0v) is 16.1. The van der Waals surface area contributed by atoms with Gasteiger partial charge in [-0.15, -0.1) is 11.3 Å². The maximum absolute atomic E-state index is 12.2. The van der Waals surface area contributed by atoms with Gasteiger partial charge in [0, 0.05) is 18.0 Å². The van der Waals surface area contributed by atoms with Crippen molar-refractivity contribution in [1.29, 1.82) is 0 Å². The van der Waals surface area contributed by atoms with E-state index < -0.39 is 11.2 Å². The fourth-order valence-electron chi connectivity index (χ4n) is 2.72. The highest BCUT2D eigenvalue weighted by Crippen LogP contribution is 2.26. The number of thiazole rings is 1. The molecule has 1 atom stereocenters. The third kappa shape index (κ3) is 4.72. The number of hydrogen-bond donors (Lipinski definition) is 3. The molecule has 25 heavy (non-hydrogen) atoms. The predicted molar refractivity (Wildman–Crippen MR) is 104 cm³/mol. The smallest absolute Gasteiger partial charge is 0.329 e. The summed E-state index contributed by atoms with van der Waals surface area (Å²) in [6.07, 6.45) is 3.44. The molecule has 0 amide bonds. The molecular formula is C17H27N5O2S. The van der Waals surface area contributed by atoms with Gasteiger partial charge in [-0.3, -0.25) is 14.3 Å². The molecule has 0 bridgehead atoms. The number of rotatable bonds is 8. The summed E-state index contributed by atoms with van der Waals surface area (Å²) in [6, 6.07) is 0.304. The molecule has 0 saturated heterocycles. The number of nitrogens with zero attached hydrogens (tertiary/aromatic N) is 2. The van der Waals surface area contributed by atoms with E-state index in [2.05, 4.69) is 36.1 Å². The molecule has 138 valence electrons. The molecule has 2 aromatic heterocycles. The minimum atomic E-state index is -0.506. The van der Waals surface area contributed by atoms with Crippen molar-refractivity contribution >= 4 is 22.3 Å². The Kier molecular flexibility index (Phi) is 6.41. The van der Waals surface area contributed by atoms with Gasteiger partial charge in [0.05, 0.1) is 5.69 Å². The summed E-state index contributed by atoms with van der Waals surface area (Å²) in [4.78, 5) is 30.7. The van der Waals surface area contributed by atoms with Crippen molar-refractivity contribution in [2.24, 2.45) is 5.92 Å². The van der Waals surface area contributed by atoms with Crippen molar-refractivity contribution in [3.8, 4) is 11.3 Å². The van der Waals surface area contributed by atoms with E-state index in [1.165, 1.54) is 22.3 Å². The highest BCUT2D eigenvalue weighted by molar-refractivity contribution is 7.14. The van der Waals surface area contributed by atoms with E-state index >= 15 is 0 Å². The number of hydrogen-bond acceptors (Lipinski definition) is 6. The second-order valence-electron chi connectivity index (χ2n) is 6.67. The van der Waals surface area contributed by atoms with E-state index in [-0.39, 0.29) is 11.4 Å². The van der Waals surface area contributed by atoms with E-state index in [1.54, 1.807) is 12.3 Å². The van der Waals surface area contributed by atoms with Gasteiger partial charge in [0.15, 0.2) is 5.13 Å². The van der Waals surface area contributed by atoms with Crippen LogP contribution in [-0.4, -0.2) is 20.6 Å². The summed E-state index contributed by atoms with van der Waals surface area (Å²) >= 11 is 1.43. The van der Waals surface area contributed by atoms with Crippen LogP contribution in [0.1, 0.15) is 47.0 Å². The molecule has 2 aromatic rings. The van der Waals surface area contributed by atoms with Crippen LogP contribution in [0.3, 0.4) is 0 Å². The van der Waals surface area contributed by atoms with Gasteiger partial charge in [-0.1, -0.05) is 26.7 Å². The van der Waals surface area contributed by atoms with Crippen LogP contribution in [-0.2, 0) is 6.54 Å². The fraction of sp³-hybridized carbons (Fsp3) is 0.588. The Morgan fingerprint density at radius 1 is 1.32 bits per heavy atom. The molecule has 0 aliphatic heterocycles. The van der Waals surface area contributed by atoms with Gasteiger partial charge in [-0.2, -0.15) is 0 Å². The quantitative estimate of drug-likeness (QED) is 0.667. The number of H-pyrrole nitrogens is 1. The van der Waals surface area contributed by atoms with Gasteiger partial charge in [0.25, 0.3) is 5.56 Å². The molecule has 2 rings (SSSR count). The lowest BCUT2D eigenvalue weighted by atomic mass is 10.0. The molecule has 0 radical (unpaired) electrons. The molecule has 2 heterocycles. The van der Waals surface area contributed by atoms with Crippen LogP contribution in [0.15, 0.2) is 15.0 Å². The molecule has 0 unspecified atom stereocenters. The lowest BCUT2D eigenvalue weighted by molar-refractivity contribution is 0.520. The Labute approximate surface area is 151 Å². The molecule has 8 heteroatoms. The first-order valence-electron chi connectivity index (χ1n) is 8.68. The van der Waals surface area contributed by atoms with Crippen LogP contribution in [0, 0.1) is 5.92 Å². The number of aromatic nitrogens is 3. The molecule has 0 fully saturated rings. The summed E-state index contributed by atoms with van der Waals surface area (Å²) in [5, 5.41) is 5.91. The molecular weight excluding hydrogens is 338 g/mol. The number of aromatic amines is 1. The average Bonchev–Trinajstić information content (AvgIpc) is 2.94. The maximum atomic E-state index is 12.2. The first-order chi connectivity index (χ1) is 11.8. The van der Waals surface area contributed by atoms with Crippen LogP contribution in [0.4, 0.5) is 10.9 Å². The zero-order chi connectivity index (χ0) is 18.6. The van der Waals surface area contributed by atoms with Gasteiger partial charge < -0.3 is 11.1 Å². The Morgan fingerprint density at radius 2 is 2.04 bits per heavy atom. The third-order valence-corrected chi connectivity index (χ3v) is 4.88. The summed E-state index contributed by atoms with van der Waals surface area (Å²) in [5.74, 6) is 0.862. The first-order valence-corrected chi connectivity index (χ1v) is 9.56. The van der Waals surface area contributed by atoms with E-state index in [4.69, 9.17) is 5.73 Å². The van der Waals surface area contributed by atoms with Crippen molar-refractivity contribution in [3.05, 3.63) is 26.2 Å². The van der Waals surface area contributed by atoms with E-state index in [9.17, 15) is 9.59 Å². The topological polar surface area (TPSA) is 106 Å². The number of anilines is 2. The zero-order valence-electron chi connectivity index (χ0n) is 15.3. The standard InChI is InChI=1S/C17H27N5O2S/c1-5-22-14(18)13(15(23)21-17(22)24)12-9-25-16(20-12)19-11(4)8-6-7-10(2)3/h9-11H,5-8,18H2,1-4H3,(H,19,20)(H,21,23,24)/t11-/m0/s1. The Balaban J connectivity index is 2.17. The van der Waals surface area contributed by atoms with E-state index in [1.807, 2.05) is 0 Å². The molecule has 0 aromatic carbocycles. The molecule has 0 spiro atoms. The molecule has 4 N–H and O–H groups in total. The lowest BCUT2D eigenvalue weighted by Gasteiger charge is -2.13. The van der Waals surface area contributed by atoms with Gasteiger partial charge in [-0.05, 0) is 26.2 Å². The number of nitrogens with two attached hydrogens (primary N) is 1. The molecule has 0 aliphatic carbocycles. The second-order valence-corrected chi connectivity index (χ2v) is 7.53. The summed E-state index contributed by atoms with van der Waals surface area (Å²) < 4.78 is 1.33. The molecule has 0 aliphatic rings. The summed E-state index contributed by atoms with van der Waals surface area (Å²) in [6.45, 7) is 8.76. The normalized spacial score (nSPS) is 12.5. The third-order valence-electron chi connectivity index (χ3n) is 4.10. The number of nitrogens with one attached hydrogen (secondary N) is 2. The maximum Gasteiger partial charge on any atom is 0.329 e. The lowest BCUT2D eigenvalue weighted by Crippen LogP contribution is -2.33. The van der Waals surface area contributed by atoms with Crippen LogP contribution < -0.4 is 22.3 Å². The van der Waals surface area contributed by atoms with Crippen LogP contribution in [0.25, 0.3) is 11.3 Å². The van der Waals surface area contributed by atoms with Crippen LogP contribution >= 0.6 is 11.3 Å². The van der Waals surface area contributed by atoms with Crippen molar-refractivity contribution in [2.75, 3.05) is 11.1 Å². The first kappa shape index (κ1) is 19.2. The highest BCUT2D eigenvalue weighted by Gasteiger charge is 2.17. The number of nitrogen functional groups attached to an aromatic ring is 1. The van der Waals surface area contributed by atoms with Gasteiger partial charge in [-0.25, -0.2) is 9.78 Å². The van der Waals surface area contributed by atoms with E-state index in [0.717, 1.165) is 18.0 Å². The monoisotopic (exact) mass is 365 g/mol. The molecule has 0 saturated carbocycles. The van der Waals surface area contributed by atoms with Gasteiger partial charge in [0.1, 0.15) is 11.4 Å².